The first-order chi connectivity index (χ1) is 11.2. The van der Waals surface area contributed by atoms with Gasteiger partial charge in [0.25, 0.3) is 0 Å². The summed E-state index contributed by atoms with van der Waals surface area (Å²) >= 11 is 0. The molecule has 0 spiro atoms. The Kier molecular flexibility index (Phi) is 4.50. The van der Waals surface area contributed by atoms with Gasteiger partial charge in [0.2, 0.25) is 0 Å². The van der Waals surface area contributed by atoms with E-state index in [0.717, 1.165) is 12.1 Å². The van der Waals surface area contributed by atoms with Crippen LogP contribution in [0.15, 0.2) is 24.3 Å². The molecule has 0 aliphatic carbocycles. The fourth-order valence-corrected chi connectivity index (χ4v) is 2.14. The summed E-state index contributed by atoms with van der Waals surface area (Å²) in [6, 6.07) is 4.64. The van der Waals surface area contributed by atoms with E-state index in [1.54, 1.807) is 6.92 Å². The summed E-state index contributed by atoms with van der Waals surface area (Å²) in [5.74, 6) is -4.40. The molecule has 0 unspecified atom stereocenters. The van der Waals surface area contributed by atoms with Crippen LogP contribution in [0.5, 0.6) is 28.7 Å². The van der Waals surface area contributed by atoms with Crippen molar-refractivity contribution in [3.05, 3.63) is 41.0 Å². The number of benzene rings is 2. The normalized spacial score (nSPS) is 10.2. The average molecular weight is 334 g/mol. The number of carboxylic acid groups (broad SMARTS) is 2. The van der Waals surface area contributed by atoms with Gasteiger partial charge in [-0.3, -0.25) is 0 Å². The Morgan fingerprint density at radius 1 is 0.958 bits per heavy atom. The van der Waals surface area contributed by atoms with Gasteiger partial charge in [0, 0.05) is 6.07 Å². The van der Waals surface area contributed by atoms with Gasteiger partial charge in [-0.25, -0.2) is 9.59 Å². The lowest BCUT2D eigenvalue weighted by molar-refractivity contribution is 0.0685. The van der Waals surface area contributed by atoms with Gasteiger partial charge in [0.15, 0.2) is 11.5 Å². The SMILES string of the molecule is COc1cc(O)cc(C(=O)O)c1Oc1cc(C)cc(O)c1C(=O)O. The molecule has 8 heteroatoms. The summed E-state index contributed by atoms with van der Waals surface area (Å²) in [4.78, 5) is 22.7. The zero-order valence-corrected chi connectivity index (χ0v) is 12.7. The van der Waals surface area contributed by atoms with Crippen LogP contribution in [-0.4, -0.2) is 39.5 Å². The maximum atomic E-state index is 11.4. The maximum Gasteiger partial charge on any atom is 0.343 e. The molecular formula is C16H14O8. The minimum Gasteiger partial charge on any atom is -0.508 e. The third kappa shape index (κ3) is 3.17. The Morgan fingerprint density at radius 3 is 2.17 bits per heavy atom. The highest BCUT2D eigenvalue weighted by molar-refractivity contribution is 5.95. The molecule has 126 valence electrons. The van der Waals surface area contributed by atoms with Gasteiger partial charge in [0.1, 0.15) is 28.4 Å². The third-order valence-corrected chi connectivity index (χ3v) is 3.14. The van der Waals surface area contributed by atoms with E-state index in [1.165, 1.54) is 19.2 Å². The number of aryl methyl sites for hydroxylation is 1. The van der Waals surface area contributed by atoms with Crippen LogP contribution in [0, 0.1) is 6.92 Å². The standard InChI is InChI=1S/C16H14O8/c1-7-3-10(18)13(16(21)22)11(4-7)24-14-9(15(19)20)5-8(17)6-12(14)23-2/h3-6,17-18H,1-2H3,(H,19,20)(H,21,22). The summed E-state index contributed by atoms with van der Waals surface area (Å²) in [6.07, 6.45) is 0. The van der Waals surface area contributed by atoms with E-state index < -0.39 is 28.8 Å². The topological polar surface area (TPSA) is 134 Å². The summed E-state index contributed by atoms with van der Waals surface area (Å²) in [7, 11) is 1.24. The van der Waals surface area contributed by atoms with Crippen molar-refractivity contribution >= 4 is 11.9 Å². The van der Waals surface area contributed by atoms with Crippen molar-refractivity contribution in [1.82, 2.24) is 0 Å². The van der Waals surface area contributed by atoms with Crippen molar-refractivity contribution < 1.29 is 39.5 Å². The van der Waals surface area contributed by atoms with Gasteiger partial charge in [-0.2, -0.15) is 0 Å². The van der Waals surface area contributed by atoms with Gasteiger partial charge in [-0.15, -0.1) is 0 Å². The lowest BCUT2D eigenvalue weighted by Crippen LogP contribution is -2.05. The molecule has 0 aliphatic rings. The Balaban J connectivity index is 2.68. The minimum atomic E-state index is -1.45. The monoisotopic (exact) mass is 334 g/mol. The van der Waals surface area contributed by atoms with Crippen molar-refractivity contribution in [3.8, 4) is 28.7 Å². The first-order valence-corrected chi connectivity index (χ1v) is 6.63. The number of aromatic carboxylic acids is 2. The molecule has 8 nitrogen and oxygen atoms in total. The molecule has 0 radical (unpaired) electrons. The summed E-state index contributed by atoms with van der Waals surface area (Å²) in [6.45, 7) is 1.60. The molecule has 2 aromatic rings. The van der Waals surface area contributed by atoms with Gasteiger partial charge < -0.3 is 29.9 Å². The van der Waals surface area contributed by atoms with Gasteiger partial charge in [-0.1, -0.05) is 0 Å². The second-order valence-electron chi connectivity index (χ2n) is 4.89. The smallest absolute Gasteiger partial charge is 0.343 e. The maximum absolute atomic E-state index is 11.4. The number of methoxy groups -OCH3 is 1. The van der Waals surface area contributed by atoms with Crippen molar-refractivity contribution in [2.45, 2.75) is 6.92 Å². The molecule has 24 heavy (non-hydrogen) atoms. The van der Waals surface area contributed by atoms with E-state index in [-0.39, 0.29) is 23.0 Å². The quantitative estimate of drug-likeness (QED) is 0.655. The van der Waals surface area contributed by atoms with E-state index in [2.05, 4.69) is 0 Å². The summed E-state index contributed by atoms with van der Waals surface area (Å²) < 4.78 is 10.4. The van der Waals surface area contributed by atoms with Crippen LogP contribution in [0.4, 0.5) is 0 Å². The first kappa shape index (κ1) is 16.9. The van der Waals surface area contributed by atoms with Crippen molar-refractivity contribution in [3.63, 3.8) is 0 Å². The number of ether oxygens (including phenoxy) is 2. The second kappa shape index (κ2) is 6.37. The molecule has 4 N–H and O–H groups in total. The van der Waals surface area contributed by atoms with Crippen LogP contribution < -0.4 is 9.47 Å². The number of carbonyl (C=O) groups is 2. The van der Waals surface area contributed by atoms with Crippen LogP contribution in [0.2, 0.25) is 0 Å². The Hall–Kier alpha value is -3.42. The summed E-state index contributed by atoms with van der Waals surface area (Å²) in [5, 5.41) is 37.9. The molecule has 0 heterocycles. The number of hydrogen-bond acceptors (Lipinski definition) is 6. The molecule has 0 aromatic heterocycles. The Bertz CT molecular complexity index is 825. The molecule has 0 aliphatic heterocycles. The number of phenolic OH excluding ortho intramolecular Hbond substituents is 1. The Morgan fingerprint density at radius 2 is 1.62 bits per heavy atom. The van der Waals surface area contributed by atoms with E-state index in [0.29, 0.717) is 5.56 Å². The van der Waals surface area contributed by atoms with E-state index in [4.69, 9.17) is 9.47 Å². The molecule has 0 atom stereocenters. The zero-order valence-electron chi connectivity index (χ0n) is 12.7. The number of phenols is 2. The van der Waals surface area contributed by atoms with Crippen LogP contribution in [-0.2, 0) is 0 Å². The second-order valence-corrected chi connectivity index (χ2v) is 4.89. The van der Waals surface area contributed by atoms with E-state index >= 15 is 0 Å². The largest absolute Gasteiger partial charge is 0.508 e. The summed E-state index contributed by atoms with van der Waals surface area (Å²) in [5.41, 5.74) is -0.446. The van der Waals surface area contributed by atoms with Gasteiger partial charge >= 0.3 is 11.9 Å². The van der Waals surface area contributed by atoms with Gasteiger partial charge in [-0.05, 0) is 30.7 Å². The minimum absolute atomic E-state index is 0.107. The highest BCUT2D eigenvalue weighted by atomic mass is 16.5. The van der Waals surface area contributed by atoms with Crippen molar-refractivity contribution in [2.24, 2.45) is 0 Å². The van der Waals surface area contributed by atoms with Crippen LogP contribution in [0.1, 0.15) is 26.3 Å². The number of carboxylic acids is 2. The fourth-order valence-electron chi connectivity index (χ4n) is 2.14. The highest BCUT2D eigenvalue weighted by Gasteiger charge is 2.24. The first-order valence-electron chi connectivity index (χ1n) is 6.63. The molecular weight excluding hydrogens is 320 g/mol. The lowest BCUT2D eigenvalue weighted by Gasteiger charge is -2.16. The van der Waals surface area contributed by atoms with Crippen molar-refractivity contribution in [2.75, 3.05) is 7.11 Å². The molecule has 0 fully saturated rings. The molecule has 0 bridgehead atoms. The van der Waals surface area contributed by atoms with E-state index in [9.17, 15) is 30.0 Å². The fraction of sp³-hybridized carbons (Fsp3) is 0.125. The lowest BCUT2D eigenvalue weighted by atomic mass is 10.1. The zero-order chi connectivity index (χ0) is 18.0. The van der Waals surface area contributed by atoms with Crippen LogP contribution in [0.3, 0.4) is 0 Å². The molecule has 0 saturated carbocycles. The van der Waals surface area contributed by atoms with E-state index in [1.807, 2.05) is 0 Å². The number of aromatic hydroxyl groups is 2. The predicted molar refractivity (Wildman–Crippen MR) is 81.5 cm³/mol. The highest BCUT2D eigenvalue weighted by Crippen LogP contribution is 2.41. The predicted octanol–water partition coefficient (Wildman–Crippen LogP) is 2.60. The van der Waals surface area contributed by atoms with Crippen LogP contribution >= 0.6 is 0 Å². The van der Waals surface area contributed by atoms with Crippen LogP contribution in [0.25, 0.3) is 0 Å². The molecule has 2 rings (SSSR count). The molecule has 2 aromatic carbocycles. The van der Waals surface area contributed by atoms with Gasteiger partial charge in [0.05, 0.1) is 7.11 Å². The number of rotatable bonds is 5. The van der Waals surface area contributed by atoms with Crippen molar-refractivity contribution in [1.29, 1.82) is 0 Å². The molecule has 0 saturated heterocycles. The Labute approximate surface area is 136 Å². The molecule has 0 amide bonds. The average Bonchev–Trinajstić information content (AvgIpc) is 2.47. The number of hydrogen-bond donors (Lipinski definition) is 4. The third-order valence-electron chi connectivity index (χ3n) is 3.14.